The van der Waals surface area contributed by atoms with Crippen molar-refractivity contribution in [3.05, 3.63) is 141 Å². The molecule has 9 atom stereocenters. The third-order valence-electron chi connectivity index (χ3n) is 19.9. The number of rotatable bonds is 13. The molecule has 0 saturated carbocycles. The molecule has 5 aromatic rings. The van der Waals surface area contributed by atoms with Crippen molar-refractivity contribution in [1.82, 2.24) is 24.9 Å². The summed E-state index contributed by atoms with van der Waals surface area (Å²) in [6.07, 6.45) is 4.90. The molecular formula is C73H94F5N13O9S3. The number of Topliss-reactive ketones (excluding diaryl/α,β-unsaturated/α-hetero) is 2. The first-order valence-electron chi connectivity index (χ1n) is 34.3. The molecule has 558 valence electrons. The summed E-state index contributed by atoms with van der Waals surface area (Å²) >= 11 is 0. The lowest BCUT2D eigenvalue weighted by molar-refractivity contribution is -0.154. The monoisotopic (exact) mass is 1490 g/mol. The SMILES string of the molecule is CC(C)(C)OC(=O)CC1=N[C@](C)(c2nc(N)ccc2F)[C@H]2CCCN=[S@]2(=O)C1(C)C.Cc1cc(F)cnc1C(=O)Cc1ccc(F)c([C@@]2(C)N=C(CC(=O)OC(C)(C)C)C(C)(C)[S@@]3(=O)=NCCC[C@H]23)n1.Cc1cc(F)cnc1C(=O)Cc1ccc(F)c([C@@]2(C)N=C(N)C(C)(C)[S@@]3(=O)=NCCC[C@H]23)n1. The molecule has 0 aromatic carbocycles. The first kappa shape index (κ1) is 79.3. The van der Waals surface area contributed by atoms with E-state index in [0.717, 1.165) is 18.8 Å². The summed E-state index contributed by atoms with van der Waals surface area (Å²) in [6.45, 7) is 30.8. The van der Waals surface area contributed by atoms with Crippen LogP contribution in [-0.2, 0) is 77.7 Å². The van der Waals surface area contributed by atoms with Gasteiger partial charge in [0.05, 0.1) is 92.5 Å². The van der Waals surface area contributed by atoms with Crippen LogP contribution < -0.4 is 11.5 Å². The number of carbonyl (C=O) groups is 4. The van der Waals surface area contributed by atoms with Gasteiger partial charge >= 0.3 is 11.9 Å². The molecule has 11 heterocycles. The highest BCUT2D eigenvalue weighted by atomic mass is 32.2. The number of aliphatic imine (C=N–C) groups is 3. The molecule has 22 nitrogen and oxygen atoms in total. The van der Waals surface area contributed by atoms with Gasteiger partial charge in [-0.2, -0.15) is 0 Å². The van der Waals surface area contributed by atoms with Crippen LogP contribution in [0.2, 0.25) is 0 Å². The van der Waals surface area contributed by atoms with Gasteiger partial charge in [0.2, 0.25) is 0 Å². The van der Waals surface area contributed by atoms with E-state index in [2.05, 4.69) is 43.0 Å². The molecule has 0 bridgehead atoms. The third kappa shape index (κ3) is 15.2. The van der Waals surface area contributed by atoms with Gasteiger partial charge in [-0.3, -0.25) is 44.1 Å². The van der Waals surface area contributed by atoms with Gasteiger partial charge in [0.15, 0.2) is 11.6 Å². The number of anilines is 1. The minimum absolute atomic E-state index is 0.00939. The van der Waals surface area contributed by atoms with E-state index in [-0.39, 0.29) is 77.3 Å². The summed E-state index contributed by atoms with van der Waals surface area (Å²) in [6, 6.07) is 10.3. The van der Waals surface area contributed by atoms with Crippen molar-refractivity contribution in [2.24, 2.45) is 33.8 Å². The Hall–Kier alpha value is -7.86. The first-order chi connectivity index (χ1) is 47.6. The van der Waals surface area contributed by atoms with Gasteiger partial charge in [0.25, 0.3) is 0 Å². The molecule has 0 fully saturated rings. The van der Waals surface area contributed by atoms with Crippen LogP contribution in [0.4, 0.5) is 27.8 Å². The summed E-state index contributed by atoms with van der Waals surface area (Å²) in [5, 5.41) is -1.78. The Morgan fingerprint density at radius 1 is 0.485 bits per heavy atom. The quantitative estimate of drug-likeness (QED) is 0.0628. The van der Waals surface area contributed by atoms with Gasteiger partial charge in [0, 0.05) is 42.4 Å². The maximum atomic E-state index is 15.6. The Morgan fingerprint density at radius 3 is 1.17 bits per heavy atom. The highest BCUT2D eigenvalue weighted by Gasteiger charge is 2.60. The number of nitrogen functional groups attached to an aromatic ring is 1. The highest BCUT2D eigenvalue weighted by molar-refractivity contribution is 7.97. The second kappa shape index (κ2) is 28.5. The Morgan fingerprint density at radius 2 is 0.816 bits per heavy atom. The van der Waals surface area contributed by atoms with Gasteiger partial charge in [-0.25, -0.2) is 62.6 Å². The van der Waals surface area contributed by atoms with E-state index in [9.17, 15) is 45.0 Å². The van der Waals surface area contributed by atoms with Crippen LogP contribution in [0.15, 0.2) is 89.0 Å². The van der Waals surface area contributed by atoms with Crippen molar-refractivity contribution in [2.75, 3.05) is 25.4 Å². The number of ketones is 2. The second-order valence-electron chi connectivity index (χ2n) is 30.9. The van der Waals surface area contributed by atoms with Crippen LogP contribution in [0.5, 0.6) is 0 Å². The third-order valence-corrected chi connectivity index (χ3v) is 31.1. The first-order valence-corrected chi connectivity index (χ1v) is 39.0. The smallest absolute Gasteiger partial charge is 0.312 e. The van der Waals surface area contributed by atoms with Crippen LogP contribution in [0, 0.1) is 42.9 Å². The molecule has 0 radical (unpaired) electrons. The van der Waals surface area contributed by atoms with Crippen molar-refractivity contribution in [1.29, 1.82) is 0 Å². The molecule has 0 amide bonds. The van der Waals surface area contributed by atoms with Crippen LogP contribution in [0.25, 0.3) is 0 Å². The number of hydrogen-bond donors (Lipinski definition) is 2. The highest BCUT2D eigenvalue weighted by Crippen LogP contribution is 2.51. The van der Waals surface area contributed by atoms with Gasteiger partial charge in [0.1, 0.15) is 102 Å². The molecular weight excluding hydrogens is 1390 g/mol. The maximum absolute atomic E-state index is 15.6. The summed E-state index contributed by atoms with van der Waals surface area (Å²) in [7, 11) is -8.81. The van der Waals surface area contributed by atoms with Crippen molar-refractivity contribution in [3.63, 3.8) is 0 Å². The van der Waals surface area contributed by atoms with E-state index in [1.807, 2.05) is 0 Å². The lowest BCUT2D eigenvalue weighted by Crippen LogP contribution is -2.60. The fourth-order valence-corrected chi connectivity index (χ4v) is 24.3. The number of halogens is 5. The number of aryl methyl sites for hydroxylation is 2. The van der Waals surface area contributed by atoms with Crippen molar-refractivity contribution in [3.8, 4) is 0 Å². The molecule has 5 aromatic heterocycles. The van der Waals surface area contributed by atoms with E-state index < -0.39 is 134 Å². The molecule has 0 saturated heterocycles. The Balaban J connectivity index is 0.000000182. The molecule has 0 aliphatic carbocycles. The Bertz CT molecular complexity index is 4770. The molecule has 6 aliphatic rings. The van der Waals surface area contributed by atoms with Gasteiger partial charge in [-0.05, 0) is 216 Å². The number of carbonyl (C=O) groups excluding carboxylic acids is 4. The van der Waals surface area contributed by atoms with Crippen LogP contribution in [0.3, 0.4) is 0 Å². The average Bonchev–Trinajstić information content (AvgIpc) is 0.715. The number of nitrogens with zero attached hydrogens (tertiary/aromatic N) is 11. The normalized spacial score (nSPS) is 28.1. The molecule has 103 heavy (non-hydrogen) atoms. The summed E-state index contributed by atoms with van der Waals surface area (Å²) in [4.78, 5) is 86.7. The van der Waals surface area contributed by atoms with Crippen LogP contribution in [-0.4, -0.2) is 139 Å². The van der Waals surface area contributed by atoms with E-state index >= 15 is 8.78 Å². The van der Waals surface area contributed by atoms with Gasteiger partial charge < -0.3 is 20.9 Å². The molecule has 4 N–H and O–H groups in total. The number of hydrogen-bond acceptors (Lipinski definition) is 22. The Labute approximate surface area is 600 Å². The maximum Gasteiger partial charge on any atom is 0.312 e. The molecule has 11 rings (SSSR count). The van der Waals surface area contributed by atoms with Gasteiger partial charge in [-0.1, -0.05) is 0 Å². The number of amidine groups is 1. The predicted molar refractivity (Wildman–Crippen MR) is 388 cm³/mol. The second-order valence-corrected chi connectivity index (χ2v) is 39.9. The number of nitrogens with two attached hydrogens (primary N) is 2. The standard InChI is InChI=1S/C29H36F2N4O4S.C23H27F2N5O2S.C21H31FN4O3S/c1-17-13-18(30)16-32-25(17)21(36)14-19-10-11-20(31)26(34-19)29(7)23-9-8-12-33-40(23,38)28(5,6)22(35-29)15-24(37)39-27(2,3)4;1-13-10-14(24)12-27-19(13)17(31)11-15-7-8-16(25)20(29-15)23(4)18-6-5-9-28-33(18,32)22(2,3)21(26)30-23;1-19(2,3)29-17(27)12-14-20(4,5)30(28)15(8-7-11-24-30)21(6,26-14)18-13(22)9-10-16(23)25-18/h10-11,13,16,23H,8-9,12,14-15H2,1-7H3;7-8,10,12,18H,5-6,9,11H2,1-4H3,(H2,26,30);9-10,15H,7-8,11-12H2,1-6H3,(H2,23,25)/t23-,29+,40-;18-,23+,33-;15-,21+,30-/m111/s1. The minimum atomic E-state index is -3.04. The van der Waals surface area contributed by atoms with Crippen LogP contribution in [0.1, 0.15) is 216 Å². The lowest BCUT2D eigenvalue weighted by Gasteiger charge is -2.48. The summed E-state index contributed by atoms with van der Waals surface area (Å²) in [5.41, 5.74) is 8.99. The lowest BCUT2D eigenvalue weighted by atomic mass is 9.87. The van der Waals surface area contributed by atoms with Crippen molar-refractivity contribution < 1.29 is 63.2 Å². The number of ether oxygens (including phenoxy) is 2. The number of fused-ring (bicyclic) bond motifs is 3. The fourth-order valence-electron chi connectivity index (χ4n) is 14.4. The molecule has 0 spiro atoms. The van der Waals surface area contributed by atoms with E-state index in [1.54, 1.807) is 118 Å². The Kier molecular flexibility index (Phi) is 22.0. The van der Waals surface area contributed by atoms with Crippen molar-refractivity contribution in [2.45, 2.75) is 240 Å². The average molecular weight is 1490 g/mol. The zero-order valence-electron chi connectivity index (χ0n) is 61.6. The van der Waals surface area contributed by atoms with E-state index in [0.29, 0.717) is 80.0 Å². The number of aromatic nitrogens is 5. The van der Waals surface area contributed by atoms with E-state index in [4.69, 9.17) is 30.9 Å². The summed E-state index contributed by atoms with van der Waals surface area (Å²) in [5.74, 6) is -4.41. The fraction of sp³-hybridized carbons (Fsp3) is 0.562. The zero-order valence-corrected chi connectivity index (χ0v) is 64.0. The minimum Gasteiger partial charge on any atom is -0.460 e. The van der Waals surface area contributed by atoms with E-state index in [1.165, 1.54) is 48.5 Å². The van der Waals surface area contributed by atoms with Crippen LogP contribution >= 0.6 is 0 Å². The van der Waals surface area contributed by atoms with Crippen molar-refractivity contribution >= 4 is 75.8 Å². The molecule has 6 aliphatic heterocycles. The molecule has 30 heteroatoms. The number of pyridine rings is 5. The number of esters is 2. The molecule has 0 unspecified atom stereocenters. The van der Waals surface area contributed by atoms with Gasteiger partial charge in [-0.15, -0.1) is 0 Å². The predicted octanol–water partition coefficient (Wildman–Crippen LogP) is 12.4. The largest absolute Gasteiger partial charge is 0.460 e. The zero-order chi connectivity index (χ0) is 76.4. The summed E-state index contributed by atoms with van der Waals surface area (Å²) < 4.78 is 137. The topological polar surface area (TPSA) is 329 Å².